The Morgan fingerprint density at radius 2 is 1.74 bits per heavy atom. The molecule has 0 radical (unpaired) electrons. The molecule has 0 aromatic heterocycles. The van der Waals surface area contributed by atoms with Crippen LogP contribution >= 0.6 is 23.5 Å². The van der Waals surface area contributed by atoms with Gasteiger partial charge in [-0.1, -0.05) is 18.2 Å². The van der Waals surface area contributed by atoms with Crippen LogP contribution in [0.15, 0.2) is 30.3 Å². The first-order chi connectivity index (χ1) is 9.27. The van der Waals surface area contributed by atoms with Crippen molar-refractivity contribution in [3.05, 3.63) is 35.9 Å². The van der Waals surface area contributed by atoms with Gasteiger partial charge in [0.2, 0.25) is 0 Å². The maximum absolute atomic E-state index is 12.0. The second-order valence-corrected chi connectivity index (χ2v) is 8.29. The zero-order chi connectivity index (χ0) is 13.1. The van der Waals surface area contributed by atoms with Gasteiger partial charge in [0, 0.05) is 11.5 Å². The second kappa shape index (κ2) is 5.80. The smallest absolute Gasteiger partial charge is 0.338 e. The molecule has 1 aliphatic carbocycles. The molecule has 2 nitrogen and oxygen atoms in total. The van der Waals surface area contributed by atoms with Gasteiger partial charge in [0.1, 0.15) is 6.10 Å². The van der Waals surface area contributed by atoms with Crippen molar-refractivity contribution in [2.75, 3.05) is 11.5 Å². The highest BCUT2D eigenvalue weighted by molar-refractivity contribution is 8.21. The Bertz CT molecular complexity index is 431. The first-order valence-corrected chi connectivity index (χ1v) is 8.79. The number of benzene rings is 1. The third-order valence-corrected chi connectivity index (χ3v) is 7.44. The van der Waals surface area contributed by atoms with Gasteiger partial charge in [0.15, 0.2) is 0 Å². The molecule has 19 heavy (non-hydrogen) atoms. The van der Waals surface area contributed by atoms with Crippen molar-refractivity contribution in [2.45, 2.75) is 35.9 Å². The number of thioether (sulfide) groups is 2. The van der Waals surface area contributed by atoms with Gasteiger partial charge >= 0.3 is 5.97 Å². The predicted octanol–water partition coefficient (Wildman–Crippen LogP) is 3.96. The van der Waals surface area contributed by atoms with Crippen molar-refractivity contribution < 1.29 is 9.53 Å². The molecule has 2 fully saturated rings. The van der Waals surface area contributed by atoms with Gasteiger partial charge in [-0.3, -0.25) is 0 Å². The van der Waals surface area contributed by atoms with E-state index in [-0.39, 0.29) is 12.1 Å². The van der Waals surface area contributed by atoms with E-state index in [0.717, 1.165) is 12.8 Å². The van der Waals surface area contributed by atoms with Crippen LogP contribution in [0.5, 0.6) is 0 Å². The average Bonchev–Trinajstić information content (AvgIpc) is 2.91. The number of hydrogen-bond acceptors (Lipinski definition) is 4. The minimum atomic E-state index is -0.173. The van der Waals surface area contributed by atoms with Gasteiger partial charge in [0.25, 0.3) is 0 Å². The summed E-state index contributed by atoms with van der Waals surface area (Å²) in [6.07, 6.45) is 4.49. The molecule has 0 unspecified atom stereocenters. The van der Waals surface area contributed by atoms with Crippen LogP contribution in [0, 0.1) is 0 Å². The van der Waals surface area contributed by atoms with Gasteiger partial charge in [-0.2, -0.15) is 0 Å². The lowest BCUT2D eigenvalue weighted by molar-refractivity contribution is 0.0208. The topological polar surface area (TPSA) is 26.3 Å². The average molecular weight is 294 g/mol. The summed E-state index contributed by atoms with van der Waals surface area (Å²) in [7, 11) is 0. The fourth-order valence-electron chi connectivity index (χ4n) is 2.73. The van der Waals surface area contributed by atoms with E-state index in [1.165, 1.54) is 24.3 Å². The van der Waals surface area contributed by atoms with E-state index < -0.39 is 0 Å². The quantitative estimate of drug-likeness (QED) is 0.771. The highest BCUT2D eigenvalue weighted by Crippen LogP contribution is 2.53. The largest absolute Gasteiger partial charge is 0.459 e. The summed E-state index contributed by atoms with van der Waals surface area (Å²) in [6.45, 7) is 0. The van der Waals surface area contributed by atoms with E-state index in [9.17, 15) is 4.79 Å². The molecule has 1 spiro atoms. The van der Waals surface area contributed by atoms with Crippen molar-refractivity contribution >= 4 is 29.5 Å². The van der Waals surface area contributed by atoms with Gasteiger partial charge in [-0.15, -0.1) is 23.5 Å². The van der Waals surface area contributed by atoms with E-state index in [2.05, 4.69) is 23.5 Å². The lowest BCUT2D eigenvalue weighted by Crippen LogP contribution is -2.31. The number of carbonyl (C=O) groups is 1. The fraction of sp³-hybridized carbons (Fsp3) is 0.533. The Morgan fingerprint density at radius 3 is 2.37 bits per heavy atom. The highest BCUT2D eigenvalue weighted by Gasteiger charge is 2.40. The second-order valence-electron chi connectivity index (χ2n) is 5.08. The third kappa shape index (κ3) is 3.11. The lowest BCUT2D eigenvalue weighted by Gasteiger charge is -2.35. The summed E-state index contributed by atoms with van der Waals surface area (Å²) >= 11 is 4.21. The van der Waals surface area contributed by atoms with Crippen molar-refractivity contribution in [3.8, 4) is 0 Å². The third-order valence-electron chi connectivity index (χ3n) is 3.79. The van der Waals surface area contributed by atoms with E-state index >= 15 is 0 Å². The van der Waals surface area contributed by atoms with Crippen LogP contribution in [-0.4, -0.2) is 27.7 Å². The van der Waals surface area contributed by atoms with E-state index in [4.69, 9.17) is 4.74 Å². The first kappa shape index (κ1) is 13.4. The zero-order valence-corrected chi connectivity index (χ0v) is 12.5. The SMILES string of the molecule is O=C(OC1CCC2(CC1)SCCS2)c1ccccc1. The Labute approximate surface area is 122 Å². The fourth-order valence-corrected chi connectivity index (χ4v) is 6.02. The Morgan fingerprint density at radius 1 is 1.11 bits per heavy atom. The molecular weight excluding hydrogens is 276 g/mol. The molecule has 2 aliphatic rings. The standard InChI is InChI=1S/C15H18O2S2/c16-14(12-4-2-1-3-5-12)17-13-6-8-15(9-7-13)18-10-11-19-15/h1-5,13H,6-11H2. The van der Waals surface area contributed by atoms with Crippen molar-refractivity contribution in [1.82, 2.24) is 0 Å². The lowest BCUT2D eigenvalue weighted by atomic mass is 9.96. The molecule has 0 N–H and O–H groups in total. The molecule has 0 atom stereocenters. The molecule has 0 amide bonds. The number of rotatable bonds is 2. The summed E-state index contributed by atoms with van der Waals surface area (Å²) in [5, 5.41) is 0. The maximum Gasteiger partial charge on any atom is 0.338 e. The summed E-state index contributed by atoms with van der Waals surface area (Å²) in [5.41, 5.74) is 0.660. The van der Waals surface area contributed by atoms with Gasteiger partial charge in [0.05, 0.1) is 9.64 Å². The molecule has 1 aromatic rings. The number of esters is 1. The van der Waals surface area contributed by atoms with Crippen LogP contribution in [0.3, 0.4) is 0 Å². The monoisotopic (exact) mass is 294 g/mol. The van der Waals surface area contributed by atoms with Gasteiger partial charge < -0.3 is 4.74 Å². The molecule has 1 aliphatic heterocycles. The summed E-state index contributed by atoms with van der Waals surface area (Å²) in [6, 6.07) is 9.29. The first-order valence-electron chi connectivity index (χ1n) is 6.81. The van der Waals surface area contributed by atoms with Crippen LogP contribution in [0.4, 0.5) is 0 Å². The van der Waals surface area contributed by atoms with Crippen LogP contribution in [0.25, 0.3) is 0 Å². The minimum absolute atomic E-state index is 0.111. The molecule has 3 rings (SSSR count). The molecule has 1 saturated heterocycles. The number of carbonyl (C=O) groups excluding carboxylic acids is 1. The van der Waals surface area contributed by atoms with Crippen LogP contribution < -0.4 is 0 Å². The number of ether oxygens (including phenoxy) is 1. The maximum atomic E-state index is 12.0. The van der Waals surface area contributed by atoms with Gasteiger partial charge in [-0.05, 0) is 37.8 Å². The minimum Gasteiger partial charge on any atom is -0.459 e. The van der Waals surface area contributed by atoms with Crippen LogP contribution in [0.1, 0.15) is 36.0 Å². The van der Waals surface area contributed by atoms with Crippen molar-refractivity contribution in [3.63, 3.8) is 0 Å². The molecule has 0 bridgehead atoms. The predicted molar refractivity (Wildman–Crippen MR) is 81.8 cm³/mol. The van der Waals surface area contributed by atoms with Gasteiger partial charge in [-0.25, -0.2) is 4.79 Å². The molecule has 102 valence electrons. The van der Waals surface area contributed by atoms with Crippen molar-refractivity contribution in [1.29, 1.82) is 0 Å². The Balaban J connectivity index is 1.53. The molecule has 1 aromatic carbocycles. The molecule has 1 heterocycles. The van der Waals surface area contributed by atoms with E-state index in [1.807, 2.05) is 30.3 Å². The van der Waals surface area contributed by atoms with E-state index in [0.29, 0.717) is 9.64 Å². The number of hydrogen-bond donors (Lipinski definition) is 0. The molecule has 4 heteroatoms. The normalized spacial score (nSPS) is 22.5. The summed E-state index contributed by atoms with van der Waals surface area (Å²) < 4.78 is 6.06. The Hall–Kier alpha value is -0.610. The highest BCUT2D eigenvalue weighted by atomic mass is 32.2. The molecular formula is C15H18O2S2. The van der Waals surface area contributed by atoms with Crippen LogP contribution in [0.2, 0.25) is 0 Å². The summed E-state index contributed by atoms with van der Waals surface area (Å²) in [4.78, 5) is 12.0. The molecule has 1 saturated carbocycles. The zero-order valence-electron chi connectivity index (χ0n) is 10.8. The Kier molecular flexibility index (Phi) is 4.08. The van der Waals surface area contributed by atoms with Crippen LogP contribution in [-0.2, 0) is 4.74 Å². The van der Waals surface area contributed by atoms with Crippen molar-refractivity contribution in [2.24, 2.45) is 0 Å². The summed E-state index contributed by atoms with van der Waals surface area (Å²) in [5.74, 6) is 2.38. The van der Waals surface area contributed by atoms with E-state index in [1.54, 1.807) is 0 Å².